The number of para-hydroxylation sites is 1. The summed E-state index contributed by atoms with van der Waals surface area (Å²) in [5.74, 6) is 0.946. The van der Waals surface area contributed by atoms with E-state index in [2.05, 4.69) is 6.07 Å². The van der Waals surface area contributed by atoms with Crippen LogP contribution in [0, 0.1) is 19.3 Å². The first-order chi connectivity index (χ1) is 13.0. The Kier molecular flexibility index (Phi) is 6.17. The Morgan fingerprint density at radius 1 is 1.07 bits per heavy atom. The van der Waals surface area contributed by atoms with Gasteiger partial charge >= 0.3 is 0 Å². The molecule has 2 aromatic carbocycles. The summed E-state index contributed by atoms with van der Waals surface area (Å²) < 4.78 is 5.81. The number of hydrogen-bond acceptors (Lipinski definition) is 3. The van der Waals surface area contributed by atoms with Crippen molar-refractivity contribution in [3.8, 4) is 5.75 Å². The topological polar surface area (TPSA) is 49.8 Å². The highest BCUT2D eigenvalue weighted by molar-refractivity contribution is 5.94. The van der Waals surface area contributed by atoms with Gasteiger partial charge in [0.1, 0.15) is 5.75 Å². The molecule has 2 aromatic rings. The quantitative estimate of drug-likeness (QED) is 0.840. The summed E-state index contributed by atoms with van der Waals surface area (Å²) in [5.41, 5.74) is 2.82. The summed E-state index contributed by atoms with van der Waals surface area (Å²) >= 11 is 0. The summed E-state index contributed by atoms with van der Waals surface area (Å²) in [6, 6.07) is 15.7. The van der Waals surface area contributed by atoms with Crippen molar-refractivity contribution in [2.24, 2.45) is 5.41 Å². The minimum atomic E-state index is -0.159. The molecular weight excluding hydrogens is 338 g/mol. The average Bonchev–Trinajstić information content (AvgIpc) is 2.68. The van der Waals surface area contributed by atoms with Gasteiger partial charge in [0.05, 0.1) is 6.61 Å². The molecule has 0 bridgehead atoms. The molecule has 4 nitrogen and oxygen atoms in total. The third-order valence-electron chi connectivity index (χ3n) is 5.56. The minimum absolute atomic E-state index is 0.0916. The Bertz CT molecular complexity index is 744. The molecule has 0 unspecified atom stereocenters. The predicted octanol–water partition coefficient (Wildman–Crippen LogP) is 3.99. The zero-order valence-corrected chi connectivity index (χ0v) is 16.3. The first kappa shape index (κ1) is 19.4. The molecule has 1 amide bonds. The Hall–Kier alpha value is -2.33. The molecule has 4 heteroatoms. The lowest BCUT2D eigenvalue weighted by Gasteiger charge is -2.40. The van der Waals surface area contributed by atoms with Crippen LogP contribution in [0.5, 0.6) is 5.75 Å². The maximum Gasteiger partial charge on any atom is 0.253 e. The number of likely N-dealkylation sites (tertiary alicyclic amines) is 1. The molecule has 0 spiro atoms. The largest absolute Gasteiger partial charge is 0.494 e. The molecule has 0 aliphatic carbocycles. The number of aliphatic hydroxyl groups is 1. The second-order valence-electron chi connectivity index (χ2n) is 7.74. The zero-order chi connectivity index (χ0) is 19.3. The van der Waals surface area contributed by atoms with Gasteiger partial charge in [-0.3, -0.25) is 4.79 Å². The van der Waals surface area contributed by atoms with E-state index < -0.39 is 0 Å². The normalized spacial score (nSPS) is 16.2. The van der Waals surface area contributed by atoms with Gasteiger partial charge in [0.2, 0.25) is 0 Å². The smallest absolute Gasteiger partial charge is 0.253 e. The molecular formula is C23H29NO3. The highest BCUT2D eigenvalue weighted by atomic mass is 16.5. The monoisotopic (exact) mass is 367 g/mol. The molecule has 0 saturated carbocycles. The molecule has 3 rings (SSSR count). The van der Waals surface area contributed by atoms with Crippen molar-refractivity contribution in [1.29, 1.82) is 0 Å². The van der Waals surface area contributed by atoms with Crippen molar-refractivity contribution in [3.05, 3.63) is 65.2 Å². The number of aryl methyl sites for hydroxylation is 2. The van der Waals surface area contributed by atoms with Gasteiger partial charge in [-0.15, -0.1) is 0 Å². The molecule has 1 aliphatic rings. The van der Waals surface area contributed by atoms with Crippen LogP contribution in [0.2, 0.25) is 0 Å². The molecule has 0 aromatic heterocycles. The first-order valence-corrected chi connectivity index (χ1v) is 9.68. The Balaban J connectivity index is 1.56. The number of ether oxygens (including phenoxy) is 1. The van der Waals surface area contributed by atoms with Crippen LogP contribution in [0.25, 0.3) is 0 Å². The van der Waals surface area contributed by atoms with Crippen LogP contribution in [-0.2, 0) is 0 Å². The Labute approximate surface area is 161 Å². The van der Waals surface area contributed by atoms with Crippen molar-refractivity contribution in [2.45, 2.75) is 33.1 Å². The lowest BCUT2D eigenvalue weighted by molar-refractivity contribution is 0.0241. The van der Waals surface area contributed by atoms with E-state index in [0.717, 1.165) is 41.7 Å². The number of aliphatic hydroxyl groups excluding tert-OH is 1. The van der Waals surface area contributed by atoms with Crippen LogP contribution >= 0.6 is 0 Å². The van der Waals surface area contributed by atoms with Crippen LogP contribution in [0.1, 0.15) is 40.7 Å². The number of carbonyl (C=O) groups excluding carboxylic acids is 1. The average molecular weight is 367 g/mol. The fourth-order valence-electron chi connectivity index (χ4n) is 3.85. The number of carbonyl (C=O) groups is 1. The molecule has 1 saturated heterocycles. The molecule has 0 radical (unpaired) electrons. The molecule has 27 heavy (non-hydrogen) atoms. The van der Waals surface area contributed by atoms with Crippen LogP contribution < -0.4 is 4.74 Å². The molecule has 1 heterocycles. The highest BCUT2D eigenvalue weighted by Gasteiger charge is 2.35. The van der Waals surface area contributed by atoms with E-state index in [-0.39, 0.29) is 17.9 Å². The van der Waals surface area contributed by atoms with E-state index in [1.165, 1.54) is 0 Å². The lowest BCUT2D eigenvalue weighted by Crippen LogP contribution is -2.45. The molecule has 1 N–H and O–H groups in total. The molecule has 144 valence electrons. The van der Waals surface area contributed by atoms with Gasteiger partial charge in [0.15, 0.2) is 0 Å². The summed E-state index contributed by atoms with van der Waals surface area (Å²) in [6.07, 6.45) is 2.40. The number of piperidine rings is 1. The van der Waals surface area contributed by atoms with E-state index in [1.807, 2.05) is 61.2 Å². The summed E-state index contributed by atoms with van der Waals surface area (Å²) in [4.78, 5) is 14.8. The minimum Gasteiger partial charge on any atom is -0.494 e. The number of hydrogen-bond donors (Lipinski definition) is 1. The van der Waals surface area contributed by atoms with E-state index in [9.17, 15) is 9.90 Å². The first-order valence-electron chi connectivity index (χ1n) is 9.68. The van der Waals surface area contributed by atoms with Gasteiger partial charge in [0, 0.05) is 30.7 Å². The van der Waals surface area contributed by atoms with Crippen LogP contribution in [-0.4, -0.2) is 42.2 Å². The van der Waals surface area contributed by atoms with Crippen molar-refractivity contribution in [2.75, 3.05) is 26.3 Å². The molecule has 1 aliphatic heterocycles. The van der Waals surface area contributed by atoms with Crippen molar-refractivity contribution < 1.29 is 14.6 Å². The van der Waals surface area contributed by atoms with Crippen molar-refractivity contribution >= 4 is 5.91 Å². The van der Waals surface area contributed by atoms with E-state index in [1.54, 1.807) is 0 Å². The maximum atomic E-state index is 12.8. The standard InChI is InChI=1S/C23H29NO3/c1-18-14-19(2)16-20(15-18)22(26)24-11-8-23(17-25,9-12-24)10-13-27-21-6-4-3-5-7-21/h3-7,14-16,25H,8-13,17H2,1-2H3. The third-order valence-corrected chi connectivity index (χ3v) is 5.56. The highest BCUT2D eigenvalue weighted by Crippen LogP contribution is 2.35. The van der Waals surface area contributed by atoms with Crippen molar-refractivity contribution in [1.82, 2.24) is 4.90 Å². The maximum absolute atomic E-state index is 12.8. The van der Waals surface area contributed by atoms with E-state index in [4.69, 9.17) is 4.74 Å². The van der Waals surface area contributed by atoms with Gasteiger partial charge in [0.25, 0.3) is 5.91 Å². The lowest BCUT2D eigenvalue weighted by atomic mass is 9.76. The number of benzene rings is 2. The van der Waals surface area contributed by atoms with Crippen LogP contribution in [0.4, 0.5) is 0 Å². The summed E-state index contributed by atoms with van der Waals surface area (Å²) in [6.45, 7) is 6.11. The van der Waals surface area contributed by atoms with Crippen LogP contribution in [0.3, 0.4) is 0 Å². The summed E-state index contributed by atoms with van der Waals surface area (Å²) in [5, 5.41) is 9.99. The number of nitrogens with zero attached hydrogens (tertiary/aromatic N) is 1. The molecule has 1 fully saturated rings. The fraction of sp³-hybridized carbons (Fsp3) is 0.435. The van der Waals surface area contributed by atoms with Gasteiger partial charge in [-0.05, 0) is 57.4 Å². The van der Waals surface area contributed by atoms with Gasteiger partial charge in [-0.2, -0.15) is 0 Å². The fourth-order valence-corrected chi connectivity index (χ4v) is 3.85. The molecule has 0 atom stereocenters. The number of amides is 1. The second kappa shape index (κ2) is 8.57. The van der Waals surface area contributed by atoms with Gasteiger partial charge in [-0.25, -0.2) is 0 Å². The number of rotatable bonds is 6. The Morgan fingerprint density at radius 3 is 2.30 bits per heavy atom. The predicted molar refractivity (Wildman–Crippen MR) is 107 cm³/mol. The second-order valence-corrected chi connectivity index (χ2v) is 7.74. The summed E-state index contributed by atoms with van der Waals surface area (Å²) in [7, 11) is 0. The third kappa shape index (κ3) is 4.89. The van der Waals surface area contributed by atoms with Gasteiger partial charge in [-0.1, -0.05) is 35.4 Å². The Morgan fingerprint density at radius 2 is 1.70 bits per heavy atom. The van der Waals surface area contributed by atoms with E-state index >= 15 is 0 Å². The van der Waals surface area contributed by atoms with Crippen LogP contribution in [0.15, 0.2) is 48.5 Å². The SMILES string of the molecule is Cc1cc(C)cc(C(=O)N2CCC(CO)(CCOc3ccccc3)CC2)c1. The zero-order valence-electron chi connectivity index (χ0n) is 16.3. The van der Waals surface area contributed by atoms with Gasteiger partial charge < -0.3 is 14.7 Å². The van der Waals surface area contributed by atoms with E-state index in [0.29, 0.717) is 19.7 Å². The van der Waals surface area contributed by atoms with Crippen molar-refractivity contribution in [3.63, 3.8) is 0 Å².